The van der Waals surface area contributed by atoms with Crippen molar-refractivity contribution in [2.24, 2.45) is 0 Å². The highest BCUT2D eigenvalue weighted by Crippen LogP contribution is 2.36. The van der Waals surface area contributed by atoms with Crippen molar-refractivity contribution < 1.29 is 38.9 Å². The lowest BCUT2D eigenvalue weighted by atomic mass is 10.1. The van der Waals surface area contributed by atoms with Gasteiger partial charge >= 0.3 is 0 Å². The van der Waals surface area contributed by atoms with Gasteiger partial charge in [0.05, 0.1) is 32.5 Å². The van der Waals surface area contributed by atoms with E-state index in [1.807, 2.05) is 0 Å². The van der Waals surface area contributed by atoms with Gasteiger partial charge < -0.3 is 16.6 Å². The third kappa shape index (κ3) is 6.18. The molecular formula is C27H25N5O9S3. The Kier molecular flexibility index (Phi) is 7.79. The summed E-state index contributed by atoms with van der Waals surface area (Å²) in [6.07, 6.45) is 0. The molecule has 0 amide bonds. The number of benzene rings is 5. The number of nitrogen functional groups attached to an aromatic ring is 1. The van der Waals surface area contributed by atoms with Crippen LogP contribution in [0.3, 0.4) is 0 Å². The van der Waals surface area contributed by atoms with Gasteiger partial charge in [0.15, 0.2) is 0 Å². The molecule has 5 rings (SSSR count). The van der Waals surface area contributed by atoms with E-state index >= 15 is 0 Å². The van der Waals surface area contributed by atoms with Crippen LogP contribution in [-0.2, 0) is 30.4 Å². The summed E-state index contributed by atoms with van der Waals surface area (Å²) in [6, 6.07) is 20.0. The van der Waals surface area contributed by atoms with E-state index < -0.39 is 30.4 Å². The maximum absolute atomic E-state index is 12.0. The highest BCUT2D eigenvalue weighted by molar-refractivity contribution is 7.86. The molecule has 0 unspecified atom stereocenters. The van der Waals surface area contributed by atoms with Gasteiger partial charge in [0, 0.05) is 34.3 Å². The molecule has 0 heterocycles. The Morgan fingerprint density at radius 2 is 1.20 bits per heavy atom. The molecular weight excluding hydrogens is 635 g/mol. The van der Waals surface area contributed by atoms with Crippen LogP contribution in [0.5, 0.6) is 0 Å². The maximum Gasteiger partial charge on any atom is 0.295 e. The predicted molar refractivity (Wildman–Crippen MR) is 167 cm³/mol. The van der Waals surface area contributed by atoms with Crippen molar-refractivity contribution in [3.8, 4) is 0 Å². The monoisotopic (exact) mass is 659 g/mol. The zero-order chi connectivity index (χ0) is 32.0. The number of nitrogens with two attached hydrogens (primary N) is 1. The molecule has 0 aliphatic heterocycles. The van der Waals surface area contributed by atoms with Crippen molar-refractivity contribution in [1.29, 1.82) is 0 Å². The van der Waals surface area contributed by atoms with E-state index in [0.717, 1.165) is 0 Å². The van der Waals surface area contributed by atoms with Gasteiger partial charge in [-0.05, 0) is 60.7 Å². The number of hydrogen-bond donors (Lipinski definition) is 7. The van der Waals surface area contributed by atoms with Crippen LogP contribution in [0, 0.1) is 0 Å². The Morgan fingerprint density at radius 3 is 1.86 bits per heavy atom. The average molecular weight is 660 g/mol. The van der Waals surface area contributed by atoms with E-state index in [4.69, 9.17) is 5.73 Å². The molecule has 5 aromatic carbocycles. The van der Waals surface area contributed by atoms with Crippen LogP contribution in [0.15, 0.2) is 99.6 Å². The minimum atomic E-state index is -4.59. The summed E-state index contributed by atoms with van der Waals surface area (Å²) in [6.45, 7) is 0. The molecule has 0 radical (unpaired) electrons. The van der Waals surface area contributed by atoms with E-state index in [9.17, 15) is 38.9 Å². The minimum absolute atomic E-state index is 0.0981. The third-order valence-corrected chi connectivity index (χ3v) is 9.32. The van der Waals surface area contributed by atoms with Gasteiger partial charge in [0.25, 0.3) is 30.4 Å². The summed E-state index contributed by atoms with van der Waals surface area (Å²) < 4.78 is 99.8. The molecule has 0 saturated carbocycles. The molecule has 14 nitrogen and oxygen atoms in total. The van der Waals surface area contributed by atoms with Gasteiger partial charge in [-0.15, -0.1) is 0 Å². The van der Waals surface area contributed by atoms with Crippen LogP contribution in [0.4, 0.5) is 28.4 Å². The topological polar surface area (TPSA) is 228 Å². The fraction of sp³-hybridized carbons (Fsp3) is 0.0370. The standard InChI is InChI=1S/C27H25N5O9S3/c1-32(16-4-2-5-17(14-16)42(33,34)35)31-25-13-12-24(21-15-18(43(36,37)38)8-9-19(21)25)30-29-23-11-10-22(28)27-20(23)6-3-7-26(27)44(39,40)41/h2-15,29-31H,28H2,1H3,(H,33,34,35)(H,36,37,38)(H,39,40,41). The fourth-order valence-electron chi connectivity index (χ4n) is 4.65. The highest BCUT2D eigenvalue weighted by atomic mass is 32.2. The van der Waals surface area contributed by atoms with E-state index in [1.54, 1.807) is 37.4 Å². The van der Waals surface area contributed by atoms with Crippen LogP contribution in [0.25, 0.3) is 21.5 Å². The van der Waals surface area contributed by atoms with Gasteiger partial charge in [0.1, 0.15) is 4.90 Å². The Bertz CT molecular complexity index is 2280. The Labute approximate surface area is 252 Å². The first-order valence-electron chi connectivity index (χ1n) is 12.5. The van der Waals surface area contributed by atoms with E-state index in [2.05, 4.69) is 16.3 Å². The average Bonchev–Trinajstić information content (AvgIpc) is 2.95. The van der Waals surface area contributed by atoms with E-state index in [-0.39, 0.29) is 25.8 Å². The van der Waals surface area contributed by atoms with Gasteiger partial charge in [-0.3, -0.25) is 24.1 Å². The molecule has 5 aromatic rings. The molecule has 0 saturated heterocycles. The molecule has 0 spiro atoms. The van der Waals surface area contributed by atoms with Crippen molar-refractivity contribution in [1.82, 2.24) is 0 Å². The molecule has 0 aliphatic rings. The number of nitrogens with zero attached hydrogens (tertiary/aromatic N) is 1. The number of fused-ring (bicyclic) bond motifs is 2. The van der Waals surface area contributed by atoms with Crippen molar-refractivity contribution in [2.75, 3.05) is 34.1 Å². The normalized spacial score (nSPS) is 12.3. The molecule has 44 heavy (non-hydrogen) atoms. The number of hydrogen-bond acceptors (Lipinski definition) is 11. The molecule has 0 aliphatic carbocycles. The second-order valence-electron chi connectivity index (χ2n) is 9.59. The Hall–Kier alpha value is -4.65. The second kappa shape index (κ2) is 11.1. The zero-order valence-electron chi connectivity index (χ0n) is 22.6. The van der Waals surface area contributed by atoms with Crippen LogP contribution >= 0.6 is 0 Å². The van der Waals surface area contributed by atoms with Gasteiger partial charge in [0.2, 0.25) is 0 Å². The number of anilines is 5. The number of rotatable bonds is 9. The molecule has 17 heteroatoms. The van der Waals surface area contributed by atoms with E-state index in [0.29, 0.717) is 38.9 Å². The predicted octanol–water partition coefficient (Wildman–Crippen LogP) is 4.22. The summed E-state index contributed by atoms with van der Waals surface area (Å²) in [5.41, 5.74) is 16.7. The fourth-order valence-corrected chi connectivity index (χ4v) is 6.41. The van der Waals surface area contributed by atoms with E-state index in [1.165, 1.54) is 59.6 Å². The second-order valence-corrected chi connectivity index (χ2v) is 13.8. The van der Waals surface area contributed by atoms with Crippen LogP contribution in [-0.4, -0.2) is 46.0 Å². The van der Waals surface area contributed by atoms with Gasteiger partial charge in [-0.1, -0.05) is 24.3 Å². The first-order valence-corrected chi connectivity index (χ1v) is 16.8. The Balaban J connectivity index is 1.55. The summed E-state index contributed by atoms with van der Waals surface area (Å²) in [4.78, 5) is -1.06. The molecule has 0 aromatic heterocycles. The molecule has 0 bridgehead atoms. The summed E-state index contributed by atoms with van der Waals surface area (Å²) in [7, 11) is -12.0. The van der Waals surface area contributed by atoms with Crippen LogP contribution < -0.4 is 27.0 Å². The lowest BCUT2D eigenvalue weighted by Crippen LogP contribution is -2.25. The zero-order valence-corrected chi connectivity index (χ0v) is 25.1. The van der Waals surface area contributed by atoms with Crippen molar-refractivity contribution in [3.05, 3.63) is 84.9 Å². The quantitative estimate of drug-likeness (QED) is 0.0668. The summed E-state index contributed by atoms with van der Waals surface area (Å²) >= 11 is 0. The van der Waals surface area contributed by atoms with Crippen molar-refractivity contribution in [3.63, 3.8) is 0 Å². The maximum atomic E-state index is 12.0. The summed E-state index contributed by atoms with van der Waals surface area (Å²) in [5, 5.41) is 2.76. The number of hydrazine groups is 2. The van der Waals surface area contributed by atoms with Gasteiger partial charge in [-0.2, -0.15) is 25.3 Å². The largest absolute Gasteiger partial charge is 0.398 e. The SMILES string of the molecule is CN(Nc1ccc(NNc2ccc(N)c3c(S(=O)(=O)O)cccc23)c2cc(S(=O)(=O)O)ccc12)c1cccc(S(=O)(=O)O)c1. The molecule has 0 atom stereocenters. The lowest BCUT2D eigenvalue weighted by molar-refractivity contribution is 0.481. The first kappa shape index (κ1) is 30.8. The van der Waals surface area contributed by atoms with Crippen molar-refractivity contribution in [2.45, 2.75) is 14.7 Å². The molecule has 8 N–H and O–H groups in total. The summed E-state index contributed by atoms with van der Waals surface area (Å²) in [5.74, 6) is 0. The minimum Gasteiger partial charge on any atom is -0.398 e. The Morgan fingerprint density at radius 1 is 0.614 bits per heavy atom. The number of nitrogens with one attached hydrogen (secondary N) is 3. The molecule has 230 valence electrons. The van der Waals surface area contributed by atoms with Gasteiger partial charge in [-0.25, -0.2) is 0 Å². The smallest absolute Gasteiger partial charge is 0.295 e. The third-order valence-electron chi connectivity index (χ3n) is 6.72. The first-order chi connectivity index (χ1) is 20.5. The lowest BCUT2D eigenvalue weighted by Gasteiger charge is -2.24. The van der Waals surface area contributed by atoms with Crippen LogP contribution in [0.2, 0.25) is 0 Å². The highest BCUT2D eigenvalue weighted by Gasteiger charge is 2.19. The van der Waals surface area contributed by atoms with Crippen LogP contribution in [0.1, 0.15) is 0 Å². The van der Waals surface area contributed by atoms with Crippen molar-refractivity contribution >= 4 is 80.3 Å². The molecule has 0 fully saturated rings.